The molecule has 2 aliphatic carbocycles. The van der Waals surface area contributed by atoms with Gasteiger partial charge in [-0.1, -0.05) is 33.6 Å². The van der Waals surface area contributed by atoms with E-state index in [1.165, 1.54) is 58.0 Å². The zero-order valence-corrected chi connectivity index (χ0v) is 14.5. The SMILES string of the molecule is CCC(C)(C)C1CCC(CN)C(N2CC3CCCC3C2)C1. The van der Waals surface area contributed by atoms with Crippen molar-refractivity contribution in [2.24, 2.45) is 34.8 Å². The zero-order chi connectivity index (χ0) is 15.0. The van der Waals surface area contributed by atoms with Gasteiger partial charge in [-0.2, -0.15) is 0 Å². The molecule has 3 rings (SSSR count). The lowest BCUT2D eigenvalue weighted by Gasteiger charge is -2.46. The molecule has 1 saturated heterocycles. The van der Waals surface area contributed by atoms with E-state index < -0.39 is 0 Å². The summed E-state index contributed by atoms with van der Waals surface area (Å²) in [5.41, 5.74) is 6.64. The summed E-state index contributed by atoms with van der Waals surface area (Å²) in [5, 5.41) is 0. The van der Waals surface area contributed by atoms with E-state index in [1.54, 1.807) is 0 Å². The molecule has 2 heteroatoms. The van der Waals surface area contributed by atoms with E-state index in [1.807, 2.05) is 0 Å². The van der Waals surface area contributed by atoms with E-state index in [0.29, 0.717) is 5.41 Å². The minimum Gasteiger partial charge on any atom is -0.330 e. The van der Waals surface area contributed by atoms with E-state index in [9.17, 15) is 0 Å². The molecule has 0 radical (unpaired) electrons. The van der Waals surface area contributed by atoms with E-state index in [4.69, 9.17) is 5.73 Å². The first-order valence-corrected chi connectivity index (χ1v) is 9.49. The van der Waals surface area contributed by atoms with E-state index in [0.717, 1.165) is 36.3 Å². The van der Waals surface area contributed by atoms with Crippen LogP contribution in [0.4, 0.5) is 0 Å². The number of hydrogen-bond acceptors (Lipinski definition) is 2. The molecule has 3 fully saturated rings. The molecule has 1 heterocycles. The van der Waals surface area contributed by atoms with Crippen molar-refractivity contribution in [1.29, 1.82) is 0 Å². The van der Waals surface area contributed by atoms with Crippen LogP contribution in [0.25, 0.3) is 0 Å². The fourth-order valence-electron chi connectivity index (χ4n) is 5.47. The number of fused-ring (bicyclic) bond motifs is 1. The molecule has 3 aliphatic rings. The Bertz CT molecular complexity index is 339. The lowest BCUT2D eigenvalue weighted by molar-refractivity contribution is 0.0453. The number of hydrogen-bond donors (Lipinski definition) is 1. The molecule has 5 atom stereocenters. The van der Waals surface area contributed by atoms with Gasteiger partial charge in [-0.15, -0.1) is 0 Å². The summed E-state index contributed by atoms with van der Waals surface area (Å²) in [5.74, 6) is 3.69. The van der Waals surface area contributed by atoms with Gasteiger partial charge < -0.3 is 5.73 Å². The van der Waals surface area contributed by atoms with Crippen molar-refractivity contribution in [3.05, 3.63) is 0 Å². The molecule has 0 bridgehead atoms. The maximum Gasteiger partial charge on any atom is 0.0139 e. The molecule has 21 heavy (non-hydrogen) atoms. The number of rotatable bonds is 4. The van der Waals surface area contributed by atoms with E-state index in [2.05, 4.69) is 25.7 Å². The van der Waals surface area contributed by atoms with Gasteiger partial charge in [0.05, 0.1) is 0 Å². The normalized spacial score (nSPS) is 41.4. The highest BCUT2D eigenvalue weighted by Crippen LogP contribution is 2.46. The summed E-state index contributed by atoms with van der Waals surface area (Å²) in [6.45, 7) is 11.0. The molecular weight excluding hydrogens is 256 g/mol. The highest BCUT2D eigenvalue weighted by molar-refractivity contribution is 4.97. The van der Waals surface area contributed by atoms with Crippen molar-refractivity contribution < 1.29 is 0 Å². The van der Waals surface area contributed by atoms with Gasteiger partial charge in [0.25, 0.3) is 0 Å². The first-order valence-electron chi connectivity index (χ1n) is 9.49. The third-order valence-electron chi connectivity index (χ3n) is 7.50. The molecule has 2 N–H and O–H groups in total. The largest absolute Gasteiger partial charge is 0.330 e. The highest BCUT2D eigenvalue weighted by atomic mass is 15.2. The molecule has 122 valence electrons. The Hall–Kier alpha value is -0.0800. The molecule has 0 aromatic carbocycles. The maximum absolute atomic E-state index is 6.14. The summed E-state index contributed by atoms with van der Waals surface area (Å²) in [4.78, 5) is 2.86. The summed E-state index contributed by atoms with van der Waals surface area (Å²) in [6.07, 6.45) is 9.95. The second kappa shape index (κ2) is 6.20. The van der Waals surface area contributed by atoms with E-state index >= 15 is 0 Å². The molecule has 0 aromatic rings. The van der Waals surface area contributed by atoms with Crippen molar-refractivity contribution in [1.82, 2.24) is 4.90 Å². The Morgan fingerprint density at radius 3 is 2.29 bits per heavy atom. The van der Waals surface area contributed by atoms with Crippen LogP contribution >= 0.6 is 0 Å². The molecule has 0 spiro atoms. The first kappa shape index (κ1) is 15.8. The Labute approximate surface area is 131 Å². The summed E-state index contributed by atoms with van der Waals surface area (Å²) < 4.78 is 0. The van der Waals surface area contributed by atoms with Crippen LogP contribution in [0, 0.1) is 29.1 Å². The van der Waals surface area contributed by atoms with Gasteiger partial charge in [0, 0.05) is 19.1 Å². The van der Waals surface area contributed by atoms with Crippen LogP contribution in [0.15, 0.2) is 0 Å². The second-order valence-corrected chi connectivity index (χ2v) is 8.82. The predicted octanol–water partition coefficient (Wildman–Crippen LogP) is 3.90. The van der Waals surface area contributed by atoms with Gasteiger partial charge in [0.2, 0.25) is 0 Å². The molecule has 0 amide bonds. The van der Waals surface area contributed by atoms with Crippen molar-refractivity contribution in [3.63, 3.8) is 0 Å². The van der Waals surface area contributed by atoms with Crippen LogP contribution < -0.4 is 5.73 Å². The van der Waals surface area contributed by atoms with Crippen LogP contribution in [-0.4, -0.2) is 30.6 Å². The average Bonchev–Trinajstić information content (AvgIpc) is 3.07. The highest BCUT2D eigenvalue weighted by Gasteiger charge is 2.44. The van der Waals surface area contributed by atoms with Crippen molar-refractivity contribution >= 4 is 0 Å². The van der Waals surface area contributed by atoms with Crippen LogP contribution in [-0.2, 0) is 0 Å². The minimum atomic E-state index is 0.507. The van der Waals surface area contributed by atoms with Crippen LogP contribution in [0.2, 0.25) is 0 Å². The molecule has 2 saturated carbocycles. The van der Waals surface area contributed by atoms with Gasteiger partial charge in [-0.3, -0.25) is 4.90 Å². The lowest BCUT2D eigenvalue weighted by atomic mass is 9.65. The third-order valence-corrected chi connectivity index (χ3v) is 7.50. The average molecular weight is 293 g/mol. The number of nitrogens with zero attached hydrogens (tertiary/aromatic N) is 1. The van der Waals surface area contributed by atoms with Crippen LogP contribution in [0.1, 0.15) is 65.7 Å². The first-order chi connectivity index (χ1) is 10.0. The fourth-order valence-corrected chi connectivity index (χ4v) is 5.47. The summed E-state index contributed by atoms with van der Waals surface area (Å²) >= 11 is 0. The van der Waals surface area contributed by atoms with Gasteiger partial charge >= 0.3 is 0 Å². The molecule has 0 aromatic heterocycles. The Balaban J connectivity index is 1.68. The predicted molar refractivity (Wildman–Crippen MR) is 90.1 cm³/mol. The third kappa shape index (κ3) is 3.03. The van der Waals surface area contributed by atoms with Crippen LogP contribution in [0.3, 0.4) is 0 Å². The van der Waals surface area contributed by atoms with Crippen molar-refractivity contribution in [3.8, 4) is 0 Å². The zero-order valence-electron chi connectivity index (χ0n) is 14.5. The van der Waals surface area contributed by atoms with Gasteiger partial charge in [-0.05, 0) is 67.7 Å². The monoisotopic (exact) mass is 292 g/mol. The van der Waals surface area contributed by atoms with Crippen LogP contribution in [0.5, 0.6) is 0 Å². The minimum absolute atomic E-state index is 0.507. The van der Waals surface area contributed by atoms with Gasteiger partial charge in [-0.25, -0.2) is 0 Å². The quantitative estimate of drug-likeness (QED) is 0.851. The van der Waals surface area contributed by atoms with E-state index in [-0.39, 0.29) is 0 Å². The van der Waals surface area contributed by atoms with Gasteiger partial charge in [0.1, 0.15) is 0 Å². The Morgan fingerprint density at radius 2 is 1.71 bits per heavy atom. The number of likely N-dealkylation sites (tertiary alicyclic amines) is 1. The number of nitrogens with two attached hydrogens (primary N) is 1. The molecule has 2 nitrogen and oxygen atoms in total. The van der Waals surface area contributed by atoms with Crippen molar-refractivity contribution in [2.75, 3.05) is 19.6 Å². The van der Waals surface area contributed by atoms with Gasteiger partial charge in [0.15, 0.2) is 0 Å². The standard InChI is InChI=1S/C19H36N2/c1-4-19(2,3)17-9-8-14(11-20)18(10-17)21-12-15-6-5-7-16(15)13-21/h14-18H,4-13,20H2,1-3H3. The Morgan fingerprint density at radius 1 is 1.05 bits per heavy atom. The maximum atomic E-state index is 6.14. The smallest absolute Gasteiger partial charge is 0.0139 e. The fraction of sp³-hybridized carbons (Fsp3) is 1.00. The summed E-state index contributed by atoms with van der Waals surface area (Å²) in [7, 11) is 0. The molecule has 5 unspecified atom stereocenters. The topological polar surface area (TPSA) is 29.3 Å². The van der Waals surface area contributed by atoms with Crippen molar-refractivity contribution in [2.45, 2.75) is 71.8 Å². The second-order valence-electron chi connectivity index (χ2n) is 8.82. The molecule has 1 aliphatic heterocycles. The Kier molecular flexibility index (Phi) is 4.66. The summed E-state index contributed by atoms with van der Waals surface area (Å²) in [6, 6.07) is 0.783. The molecular formula is C19H36N2. The lowest BCUT2D eigenvalue weighted by Crippen LogP contribution is -2.48.